The highest BCUT2D eigenvalue weighted by Crippen LogP contribution is 2.26. The second-order valence-corrected chi connectivity index (χ2v) is 4.02. The lowest BCUT2D eigenvalue weighted by Gasteiger charge is -2.28. The third kappa shape index (κ3) is 1.69. The monoisotopic (exact) mass is 175 g/mol. The molecule has 1 nitrogen and oxygen atoms in total. The van der Waals surface area contributed by atoms with Gasteiger partial charge in [-0.25, -0.2) is 0 Å². The fourth-order valence-corrected chi connectivity index (χ4v) is 1.68. The normalized spacial score (nSPS) is 16.8. The van der Waals surface area contributed by atoms with Crippen molar-refractivity contribution in [2.75, 3.05) is 5.32 Å². The summed E-state index contributed by atoms with van der Waals surface area (Å²) in [5.74, 6) is 0. The molecule has 0 spiro atoms. The number of rotatable bonds is 2. The highest BCUT2D eigenvalue weighted by atomic mass is 14.9. The first kappa shape index (κ1) is 8.61. The molecule has 1 saturated carbocycles. The Morgan fingerprint density at radius 3 is 2.62 bits per heavy atom. The molecule has 1 aromatic rings. The molecule has 1 aliphatic carbocycles. The third-order valence-corrected chi connectivity index (χ3v) is 3.07. The Balaban J connectivity index is 2.14. The molecule has 0 radical (unpaired) electrons. The average molecular weight is 175 g/mol. The summed E-state index contributed by atoms with van der Waals surface area (Å²) in [7, 11) is 0. The first-order valence-electron chi connectivity index (χ1n) is 5.10. The van der Waals surface area contributed by atoms with Crippen LogP contribution in [0.3, 0.4) is 0 Å². The first-order chi connectivity index (χ1) is 6.27. The van der Waals surface area contributed by atoms with Crippen LogP contribution in [0.15, 0.2) is 18.2 Å². The SMILES string of the molecule is Cc1cccc(NC2CCC2)c1C. The predicted molar refractivity (Wildman–Crippen MR) is 57.2 cm³/mol. The van der Waals surface area contributed by atoms with E-state index in [1.165, 1.54) is 36.1 Å². The van der Waals surface area contributed by atoms with Gasteiger partial charge in [-0.1, -0.05) is 12.1 Å². The van der Waals surface area contributed by atoms with Crippen LogP contribution in [0, 0.1) is 13.8 Å². The van der Waals surface area contributed by atoms with Crippen LogP contribution in [0.2, 0.25) is 0 Å². The Kier molecular flexibility index (Phi) is 2.26. The summed E-state index contributed by atoms with van der Waals surface area (Å²) in [5.41, 5.74) is 4.10. The third-order valence-electron chi connectivity index (χ3n) is 3.07. The van der Waals surface area contributed by atoms with Crippen molar-refractivity contribution in [1.82, 2.24) is 0 Å². The fraction of sp³-hybridized carbons (Fsp3) is 0.500. The lowest BCUT2D eigenvalue weighted by atomic mass is 9.92. The van der Waals surface area contributed by atoms with Gasteiger partial charge >= 0.3 is 0 Å². The Hall–Kier alpha value is -0.980. The highest BCUT2D eigenvalue weighted by Gasteiger charge is 2.17. The van der Waals surface area contributed by atoms with E-state index in [4.69, 9.17) is 0 Å². The van der Waals surface area contributed by atoms with Crippen molar-refractivity contribution in [2.45, 2.75) is 39.2 Å². The van der Waals surface area contributed by atoms with Gasteiger partial charge in [-0.3, -0.25) is 0 Å². The maximum absolute atomic E-state index is 3.59. The molecule has 1 heteroatoms. The number of nitrogens with one attached hydrogen (secondary N) is 1. The average Bonchev–Trinajstić information content (AvgIpc) is 2.04. The molecular weight excluding hydrogens is 158 g/mol. The number of hydrogen-bond acceptors (Lipinski definition) is 1. The fourth-order valence-electron chi connectivity index (χ4n) is 1.68. The van der Waals surface area contributed by atoms with Gasteiger partial charge in [0.2, 0.25) is 0 Å². The molecule has 1 aliphatic rings. The van der Waals surface area contributed by atoms with Gasteiger partial charge in [-0.05, 0) is 50.3 Å². The maximum atomic E-state index is 3.59. The Labute approximate surface area is 80.2 Å². The summed E-state index contributed by atoms with van der Waals surface area (Å²) < 4.78 is 0. The lowest BCUT2D eigenvalue weighted by molar-refractivity contribution is 0.445. The second-order valence-electron chi connectivity index (χ2n) is 4.02. The van der Waals surface area contributed by atoms with Gasteiger partial charge < -0.3 is 5.32 Å². The van der Waals surface area contributed by atoms with E-state index in [2.05, 4.69) is 37.4 Å². The molecule has 1 N–H and O–H groups in total. The van der Waals surface area contributed by atoms with Crippen molar-refractivity contribution in [3.63, 3.8) is 0 Å². The molecule has 0 bridgehead atoms. The van der Waals surface area contributed by atoms with Gasteiger partial charge in [0.15, 0.2) is 0 Å². The van der Waals surface area contributed by atoms with Gasteiger partial charge in [-0.2, -0.15) is 0 Å². The van der Waals surface area contributed by atoms with E-state index in [9.17, 15) is 0 Å². The molecule has 0 atom stereocenters. The van der Waals surface area contributed by atoms with Crippen LogP contribution in [0.5, 0.6) is 0 Å². The molecule has 0 heterocycles. The van der Waals surface area contributed by atoms with Gasteiger partial charge in [0.25, 0.3) is 0 Å². The molecule has 2 rings (SSSR count). The number of hydrogen-bond donors (Lipinski definition) is 1. The summed E-state index contributed by atoms with van der Waals surface area (Å²) >= 11 is 0. The van der Waals surface area contributed by atoms with Crippen molar-refractivity contribution in [3.05, 3.63) is 29.3 Å². The number of benzene rings is 1. The number of aryl methyl sites for hydroxylation is 1. The van der Waals surface area contributed by atoms with Crippen molar-refractivity contribution in [2.24, 2.45) is 0 Å². The smallest absolute Gasteiger partial charge is 0.0374 e. The Bertz CT molecular complexity index is 300. The van der Waals surface area contributed by atoms with Crippen LogP contribution in [0.1, 0.15) is 30.4 Å². The molecule has 0 aliphatic heterocycles. The van der Waals surface area contributed by atoms with E-state index >= 15 is 0 Å². The quantitative estimate of drug-likeness (QED) is 0.727. The van der Waals surface area contributed by atoms with E-state index in [1.807, 2.05) is 0 Å². The highest BCUT2D eigenvalue weighted by molar-refractivity contribution is 5.54. The largest absolute Gasteiger partial charge is 0.382 e. The van der Waals surface area contributed by atoms with Crippen molar-refractivity contribution in [1.29, 1.82) is 0 Å². The van der Waals surface area contributed by atoms with E-state index in [1.54, 1.807) is 0 Å². The summed E-state index contributed by atoms with van der Waals surface area (Å²) in [6.45, 7) is 4.36. The topological polar surface area (TPSA) is 12.0 Å². The summed E-state index contributed by atoms with van der Waals surface area (Å²) in [5, 5.41) is 3.59. The minimum atomic E-state index is 0.737. The van der Waals surface area contributed by atoms with Gasteiger partial charge in [0, 0.05) is 11.7 Å². The van der Waals surface area contributed by atoms with Crippen LogP contribution in [-0.2, 0) is 0 Å². The standard InChI is InChI=1S/C12H17N/c1-9-5-3-8-12(10(9)2)13-11-6-4-7-11/h3,5,8,11,13H,4,6-7H2,1-2H3. The zero-order valence-electron chi connectivity index (χ0n) is 8.43. The van der Waals surface area contributed by atoms with Crippen LogP contribution in [0.4, 0.5) is 5.69 Å². The Morgan fingerprint density at radius 1 is 1.23 bits per heavy atom. The molecule has 0 unspecified atom stereocenters. The van der Waals surface area contributed by atoms with Gasteiger partial charge in [0.1, 0.15) is 0 Å². The van der Waals surface area contributed by atoms with E-state index in [0.717, 1.165) is 6.04 Å². The minimum Gasteiger partial charge on any atom is -0.382 e. The summed E-state index contributed by atoms with van der Waals surface area (Å²) in [6.07, 6.45) is 4.07. The minimum absolute atomic E-state index is 0.737. The summed E-state index contributed by atoms with van der Waals surface area (Å²) in [6, 6.07) is 7.21. The molecule has 1 fully saturated rings. The van der Waals surface area contributed by atoms with Crippen molar-refractivity contribution >= 4 is 5.69 Å². The van der Waals surface area contributed by atoms with Crippen LogP contribution in [-0.4, -0.2) is 6.04 Å². The van der Waals surface area contributed by atoms with E-state index in [-0.39, 0.29) is 0 Å². The predicted octanol–water partition coefficient (Wildman–Crippen LogP) is 3.27. The molecule has 1 aromatic carbocycles. The molecule has 0 aromatic heterocycles. The van der Waals surface area contributed by atoms with Gasteiger partial charge in [-0.15, -0.1) is 0 Å². The molecule has 13 heavy (non-hydrogen) atoms. The van der Waals surface area contributed by atoms with E-state index < -0.39 is 0 Å². The molecular formula is C12H17N. The van der Waals surface area contributed by atoms with Crippen LogP contribution < -0.4 is 5.32 Å². The lowest BCUT2D eigenvalue weighted by Crippen LogP contribution is -2.27. The van der Waals surface area contributed by atoms with Crippen molar-refractivity contribution in [3.8, 4) is 0 Å². The van der Waals surface area contributed by atoms with E-state index in [0.29, 0.717) is 0 Å². The summed E-state index contributed by atoms with van der Waals surface area (Å²) in [4.78, 5) is 0. The zero-order chi connectivity index (χ0) is 9.26. The maximum Gasteiger partial charge on any atom is 0.0374 e. The van der Waals surface area contributed by atoms with Crippen LogP contribution in [0.25, 0.3) is 0 Å². The first-order valence-corrected chi connectivity index (χ1v) is 5.10. The van der Waals surface area contributed by atoms with Gasteiger partial charge in [0.05, 0.1) is 0 Å². The molecule has 0 saturated heterocycles. The van der Waals surface area contributed by atoms with Crippen LogP contribution >= 0.6 is 0 Å². The Morgan fingerprint density at radius 2 is 2.00 bits per heavy atom. The second kappa shape index (κ2) is 3.41. The zero-order valence-corrected chi connectivity index (χ0v) is 8.43. The molecule has 0 amide bonds. The molecule has 70 valence electrons. The number of anilines is 1. The van der Waals surface area contributed by atoms with Crippen molar-refractivity contribution < 1.29 is 0 Å².